The second-order valence-corrected chi connectivity index (χ2v) is 5.38. The van der Waals surface area contributed by atoms with Gasteiger partial charge in [0, 0.05) is 6.04 Å². The number of hydrogen-bond acceptors (Lipinski definition) is 3. The second kappa shape index (κ2) is 6.73. The molecule has 1 saturated carbocycles. The van der Waals surface area contributed by atoms with Crippen LogP contribution in [0.1, 0.15) is 40.0 Å². The molecule has 0 aromatic carbocycles. The Balaban J connectivity index is 2.33. The molecule has 5 nitrogen and oxygen atoms in total. The van der Waals surface area contributed by atoms with E-state index in [0.29, 0.717) is 11.8 Å². The van der Waals surface area contributed by atoms with Crippen molar-refractivity contribution < 1.29 is 14.7 Å². The average Bonchev–Trinajstić information content (AvgIpc) is 2.32. The quantitative estimate of drug-likeness (QED) is 0.685. The zero-order valence-corrected chi connectivity index (χ0v) is 11.4. The molecule has 0 heterocycles. The van der Waals surface area contributed by atoms with Gasteiger partial charge in [0.1, 0.15) is 6.04 Å². The largest absolute Gasteiger partial charge is 0.480 e. The van der Waals surface area contributed by atoms with Crippen LogP contribution in [0.2, 0.25) is 0 Å². The van der Waals surface area contributed by atoms with Crippen molar-refractivity contribution in [2.24, 2.45) is 11.8 Å². The Kier molecular flexibility index (Phi) is 5.59. The Bertz CT molecular complexity index is 307. The van der Waals surface area contributed by atoms with E-state index in [1.165, 1.54) is 13.3 Å². The number of aliphatic carboxylic acids is 1. The third-order valence-electron chi connectivity index (χ3n) is 3.99. The van der Waals surface area contributed by atoms with Gasteiger partial charge < -0.3 is 10.4 Å². The molecule has 0 saturated heterocycles. The van der Waals surface area contributed by atoms with E-state index < -0.39 is 12.0 Å². The topological polar surface area (TPSA) is 78.4 Å². The summed E-state index contributed by atoms with van der Waals surface area (Å²) in [5.74, 6) is 0.0612. The number of carbonyl (C=O) groups is 2. The molecule has 1 aliphatic rings. The highest BCUT2D eigenvalue weighted by molar-refractivity contribution is 5.80. The standard InChI is InChI=1S/C13H24N2O3/c1-8-5-4-6-11(9(8)2)15-12(16)7-14-10(3)13(17)18/h8-11,14H,4-7H2,1-3H3,(H,15,16)(H,17,18)/t8?,9?,10-,11?/m0/s1. The van der Waals surface area contributed by atoms with Crippen molar-refractivity contribution in [2.45, 2.75) is 52.1 Å². The number of nitrogens with one attached hydrogen (secondary N) is 2. The predicted octanol–water partition coefficient (Wildman–Crippen LogP) is 0.990. The van der Waals surface area contributed by atoms with Gasteiger partial charge in [0.25, 0.3) is 0 Å². The highest BCUT2D eigenvalue weighted by Crippen LogP contribution is 2.29. The van der Waals surface area contributed by atoms with E-state index >= 15 is 0 Å². The Morgan fingerprint density at radius 1 is 1.33 bits per heavy atom. The zero-order valence-electron chi connectivity index (χ0n) is 11.4. The van der Waals surface area contributed by atoms with Crippen molar-refractivity contribution >= 4 is 11.9 Å². The van der Waals surface area contributed by atoms with Gasteiger partial charge in [-0.05, 0) is 25.2 Å². The second-order valence-electron chi connectivity index (χ2n) is 5.38. The lowest BCUT2D eigenvalue weighted by Gasteiger charge is -2.34. The Morgan fingerprint density at radius 2 is 2.00 bits per heavy atom. The summed E-state index contributed by atoms with van der Waals surface area (Å²) in [4.78, 5) is 22.3. The molecule has 3 N–H and O–H groups in total. The van der Waals surface area contributed by atoms with E-state index in [0.717, 1.165) is 12.8 Å². The van der Waals surface area contributed by atoms with Crippen LogP contribution < -0.4 is 10.6 Å². The normalized spacial score (nSPS) is 29.6. The maximum Gasteiger partial charge on any atom is 0.320 e. The van der Waals surface area contributed by atoms with Crippen molar-refractivity contribution in [3.05, 3.63) is 0 Å². The molecule has 0 aliphatic heterocycles. The first-order chi connectivity index (χ1) is 8.41. The lowest BCUT2D eigenvalue weighted by Crippen LogP contribution is -2.48. The van der Waals surface area contributed by atoms with Crippen LogP contribution in [-0.4, -0.2) is 35.6 Å². The van der Waals surface area contributed by atoms with Crippen LogP contribution in [0.3, 0.4) is 0 Å². The number of carbonyl (C=O) groups excluding carboxylic acids is 1. The Hall–Kier alpha value is -1.10. The van der Waals surface area contributed by atoms with Crippen LogP contribution >= 0.6 is 0 Å². The molecule has 104 valence electrons. The third kappa shape index (κ3) is 4.29. The highest BCUT2D eigenvalue weighted by Gasteiger charge is 2.28. The molecule has 1 fully saturated rings. The molecular formula is C13H24N2O3. The van der Waals surface area contributed by atoms with Gasteiger partial charge in [-0.2, -0.15) is 0 Å². The summed E-state index contributed by atoms with van der Waals surface area (Å²) in [6.45, 7) is 5.97. The third-order valence-corrected chi connectivity index (χ3v) is 3.99. The highest BCUT2D eigenvalue weighted by atomic mass is 16.4. The molecule has 1 aliphatic carbocycles. The van der Waals surface area contributed by atoms with Gasteiger partial charge in [0.15, 0.2) is 0 Å². The predicted molar refractivity (Wildman–Crippen MR) is 69.2 cm³/mol. The maximum atomic E-state index is 11.7. The van der Waals surface area contributed by atoms with Gasteiger partial charge in [-0.3, -0.25) is 14.9 Å². The minimum absolute atomic E-state index is 0.0606. The number of carboxylic acid groups (broad SMARTS) is 1. The SMILES string of the molecule is CC1CCCC(NC(=O)CN[C@@H](C)C(=O)O)C1C. The summed E-state index contributed by atoms with van der Waals surface area (Å²) in [5.41, 5.74) is 0. The summed E-state index contributed by atoms with van der Waals surface area (Å²) in [6, 6.07) is -0.471. The van der Waals surface area contributed by atoms with Crippen LogP contribution in [0.15, 0.2) is 0 Å². The van der Waals surface area contributed by atoms with E-state index in [1.807, 2.05) is 0 Å². The van der Waals surface area contributed by atoms with Gasteiger partial charge >= 0.3 is 5.97 Å². The van der Waals surface area contributed by atoms with E-state index in [2.05, 4.69) is 24.5 Å². The van der Waals surface area contributed by atoms with Crippen LogP contribution in [0, 0.1) is 11.8 Å². The summed E-state index contributed by atoms with van der Waals surface area (Å²) in [6.07, 6.45) is 3.39. The first kappa shape index (κ1) is 15.0. The Morgan fingerprint density at radius 3 is 2.61 bits per heavy atom. The van der Waals surface area contributed by atoms with Gasteiger partial charge in [-0.25, -0.2) is 0 Å². The van der Waals surface area contributed by atoms with E-state index in [4.69, 9.17) is 5.11 Å². The van der Waals surface area contributed by atoms with Crippen molar-refractivity contribution in [3.8, 4) is 0 Å². The molecule has 18 heavy (non-hydrogen) atoms. The molecule has 5 heteroatoms. The van der Waals surface area contributed by atoms with Crippen LogP contribution in [0.4, 0.5) is 0 Å². The summed E-state index contributed by atoms with van der Waals surface area (Å²) >= 11 is 0. The minimum Gasteiger partial charge on any atom is -0.480 e. The lowest BCUT2D eigenvalue weighted by molar-refractivity contribution is -0.139. The van der Waals surface area contributed by atoms with Gasteiger partial charge in [-0.1, -0.05) is 26.7 Å². The molecule has 0 spiro atoms. The van der Waals surface area contributed by atoms with Crippen molar-refractivity contribution in [3.63, 3.8) is 0 Å². The number of hydrogen-bond donors (Lipinski definition) is 3. The van der Waals surface area contributed by atoms with Gasteiger partial charge in [0.05, 0.1) is 6.54 Å². The summed E-state index contributed by atoms with van der Waals surface area (Å²) in [7, 11) is 0. The first-order valence-electron chi connectivity index (χ1n) is 6.67. The van der Waals surface area contributed by atoms with Crippen LogP contribution in [0.25, 0.3) is 0 Å². The van der Waals surface area contributed by atoms with E-state index in [1.54, 1.807) is 0 Å². The lowest BCUT2D eigenvalue weighted by atomic mass is 9.78. The van der Waals surface area contributed by atoms with Crippen molar-refractivity contribution in [1.82, 2.24) is 10.6 Å². The fraction of sp³-hybridized carbons (Fsp3) is 0.846. The molecule has 0 aromatic rings. The molecule has 0 bridgehead atoms. The van der Waals surface area contributed by atoms with E-state index in [9.17, 15) is 9.59 Å². The molecule has 1 amide bonds. The fourth-order valence-electron chi connectivity index (χ4n) is 2.38. The van der Waals surface area contributed by atoms with Gasteiger partial charge in [-0.15, -0.1) is 0 Å². The molecule has 3 unspecified atom stereocenters. The monoisotopic (exact) mass is 256 g/mol. The minimum atomic E-state index is -0.942. The molecule has 1 rings (SSSR count). The van der Waals surface area contributed by atoms with Crippen molar-refractivity contribution in [1.29, 1.82) is 0 Å². The molecule has 0 radical (unpaired) electrons. The molecule has 4 atom stereocenters. The van der Waals surface area contributed by atoms with Gasteiger partial charge in [0.2, 0.25) is 5.91 Å². The summed E-state index contributed by atoms with van der Waals surface area (Å²) in [5, 5.41) is 14.4. The molecular weight excluding hydrogens is 232 g/mol. The van der Waals surface area contributed by atoms with Crippen LogP contribution in [-0.2, 0) is 9.59 Å². The Labute approximate surface area is 108 Å². The maximum absolute atomic E-state index is 11.7. The van der Waals surface area contributed by atoms with Crippen LogP contribution in [0.5, 0.6) is 0 Å². The number of carboxylic acids is 1. The number of amides is 1. The summed E-state index contributed by atoms with van der Waals surface area (Å²) < 4.78 is 0. The average molecular weight is 256 g/mol. The number of rotatable bonds is 5. The molecule has 0 aromatic heterocycles. The fourth-order valence-corrected chi connectivity index (χ4v) is 2.38. The zero-order chi connectivity index (χ0) is 13.7. The smallest absolute Gasteiger partial charge is 0.320 e. The van der Waals surface area contributed by atoms with Crippen molar-refractivity contribution in [2.75, 3.05) is 6.54 Å². The first-order valence-corrected chi connectivity index (χ1v) is 6.67. The van der Waals surface area contributed by atoms with E-state index in [-0.39, 0.29) is 18.5 Å².